The Morgan fingerprint density at radius 3 is 2.65 bits per heavy atom. The largest absolute Gasteiger partial charge is 0.491 e. The molecule has 0 radical (unpaired) electrons. The molecule has 0 aliphatic heterocycles. The standard InChI is InChI=1S/C11H12N2O4/c12-5-8-1-3-10(4-2-8)17-7-9(14)6-13-11(15)16/h1-4,9,13-14H,6-7H2,(H,15,16). The summed E-state index contributed by atoms with van der Waals surface area (Å²) in [7, 11) is 0. The predicted octanol–water partition coefficient (Wildman–Crippen LogP) is 0.566. The van der Waals surface area contributed by atoms with Crippen LogP contribution in [0.4, 0.5) is 4.79 Å². The lowest BCUT2D eigenvalue weighted by atomic mass is 10.2. The van der Waals surface area contributed by atoms with Crippen molar-refractivity contribution in [1.82, 2.24) is 5.32 Å². The molecule has 1 unspecified atom stereocenters. The summed E-state index contributed by atoms with van der Waals surface area (Å²) < 4.78 is 5.21. The zero-order valence-electron chi connectivity index (χ0n) is 8.96. The third-order valence-corrected chi connectivity index (χ3v) is 1.91. The minimum atomic E-state index is -1.19. The molecule has 0 aliphatic carbocycles. The third-order valence-electron chi connectivity index (χ3n) is 1.91. The van der Waals surface area contributed by atoms with Crippen LogP contribution in [-0.2, 0) is 0 Å². The van der Waals surface area contributed by atoms with Gasteiger partial charge in [0.2, 0.25) is 0 Å². The Hall–Kier alpha value is -2.26. The molecule has 0 aromatic heterocycles. The lowest BCUT2D eigenvalue weighted by molar-refractivity contribution is 0.104. The summed E-state index contributed by atoms with van der Waals surface area (Å²) in [6.07, 6.45) is -2.11. The number of nitriles is 1. The molecule has 1 atom stereocenters. The van der Waals surface area contributed by atoms with Crippen molar-refractivity contribution in [3.05, 3.63) is 29.8 Å². The summed E-state index contributed by atoms with van der Waals surface area (Å²) in [4.78, 5) is 10.2. The topological polar surface area (TPSA) is 103 Å². The van der Waals surface area contributed by atoms with Gasteiger partial charge < -0.3 is 20.3 Å². The average Bonchev–Trinajstić information content (AvgIpc) is 2.34. The first-order valence-corrected chi connectivity index (χ1v) is 4.89. The van der Waals surface area contributed by atoms with Crippen molar-refractivity contribution in [2.24, 2.45) is 0 Å². The highest BCUT2D eigenvalue weighted by Gasteiger charge is 2.06. The van der Waals surface area contributed by atoms with E-state index in [1.54, 1.807) is 24.3 Å². The minimum Gasteiger partial charge on any atom is -0.491 e. The van der Waals surface area contributed by atoms with Crippen LogP contribution in [0, 0.1) is 11.3 Å². The first-order chi connectivity index (χ1) is 8.11. The SMILES string of the molecule is N#Cc1ccc(OCC(O)CNC(=O)O)cc1. The van der Waals surface area contributed by atoms with Gasteiger partial charge in [-0.2, -0.15) is 5.26 Å². The molecular formula is C11H12N2O4. The molecule has 0 spiro atoms. The number of aliphatic hydroxyl groups is 1. The first-order valence-electron chi connectivity index (χ1n) is 4.89. The van der Waals surface area contributed by atoms with Crippen LogP contribution in [-0.4, -0.2) is 35.6 Å². The van der Waals surface area contributed by atoms with Gasteiger partial charge in [-0.15, -0.1) is 0 Å². The van der Waals surface area contributed by atoms with E-state index in [0.717, 1.165) is 0 Å². The van der Waals surface area contributed by atoms with Crippen molar-refractivity contribution < 1.29 is 19.7 Å². The van der Waals surface area contributed by atoms with Crippen molar-refractivity contribution in [1.29, 1.82) is 5.26 Å². The Labute approximate surface area is 98.1 Å². The fourth-order valence-electron chi connectivity index (χ4n) is 1.08. The minimum absolute atomic E-state index is 0.0216. The molecule has 3 N–H and O–H groups in total. The highest BCUT2D eigenvalue weighted by Crippen LogP contribution is 2.11. The fraction of sp³-hybridized carbons (Fsp3) is 0.273. The van der Waals surface area contributed by atoms with Crippen molar-refractivity contribution in [2.45, 2.75) is 6.10 Å². The van der Waals surface area contributed by atoms with E-state index in [4.69, 9.17) is 15.1 Å². The van der Waals surface area contributed by atoms with E-state index >= 15 is 0 Å². The monoisotopic (exact) mass is 236 g/mol. The first kappa shape index (κ1) is 12.8. The van der Waals surface area contributed by atoms with E-state index in [1.165, 1.54) is 0 Å². The van der Waals surface area contributed by atoms with Gasteiger partial charge in [0.15, 0.2) is 0 Å². The van der Waals surface area contributed by atoms with E-state index in [0.29, 0.717) is 11.3 Å². The Morgan fingerprint density at radius 2 is 2.12 bits per heavy atom. The smallest absolute Gasteiger partial charge is 0.404 e. The molecule has 0 saturated carbocycles. The van der Waals surface area contributed by atoms with Crippen LogP contribution in [0.25, 0.3) is 0 Å². The number of hydrogen-bond acceptors (Lipinski definition) is 4. The number of rotatable bonds is 5. The van der Waals surface area contributed by atoms with Crippen molar-refractivity contribution in [2.75, 3.05) is 13.2 Å². The number of hydrogen-bond donors (Lipinski definition) is 3. The Morgan fingerprint density at radius 1 is 1.47 bits per heavy atom. The molecule has 17 heavy (non-hydrogen) atoms. The van der Waals surface area contributed by atoms with Gasteiger partial charge in [-0.05, 0) is 24.3 Å². The van der Waals surface area contributed by atoms with Crippen molar-refractivity contribution in [3.8, 4) is 11.8 Å². The lowest BCUT2D eigenvalue weighted by Crippen LogP contribution is -2.34. The van der Waals surface area contributed by atoms with Crippen LogP contribution >= 0.6 is 0 Å². The van der Waals surface area contributed by atoms with Crippen molar-refractivity contribution >= 4 is 6.09 Å². The normalized spacial score (nSPS) is 11.3. The van der Waals surface area contributed by atoms with Gasteiger partial charge in [-0.1, -0.05) is 0 Å². The Kier molecular flexibility index (Phi) is 4.78. The number of amides is 1. The molecule has 0 aliphatic rings. The molecular weight excluding hydrogens is 224 g/mol. The summed E-state index contributed by atoms with van der Waals surface area (Å²) in [6, 6.07) is 8.37. The number of aliphatic hydroxyl groups excluding tert-OH is 1. The second kappa shape index (κ2) is 6.35. The Bertz CT molecular complexity index is 410. The van der Waals surface area contributed by atoms with Crippen LogP contribution in [0.1, 0.15) is 5.56 Å². The summed E-state index contributed by atoms with van der Waals surface area (Å²) in [5.41, 5.74) is 0.519. The van der Waals surface area contributed by atoms with Crippen LogP contribution in [0.5, 0.6) is 5.75 Å². The number of nitrogens with one attached hydrogen (secondary N) is 1. The Balaban J connectivity index is 2.34. The highest BCUT2D eigenvalue weighted by molar-refractivity contribution is 5.64. The second-order valence-electron chi connectivity index (χ2n) is 3.29. The molecule has 0 fully saturated rings. The van der Waals surface area contributed by atoms with Gasteiger partial charge in [0.25, 0.3) is 0 Å². The zero-order valence-corrected chi connectivity index (χ0v) is 8.96. The number of benzene rings is 1. The number of carbonyl (C=O) groups is 1. The average molecular weight is 236 g/mol. The summed E-state index contributed by atoms with van der Waals surface area (Å²) >= 11 is 0. The summed E-state index contributed by atoms with van der Waals surface area (Å²) in [5, 5.41) is 28.3. The lowest BCUT2D eigenvalue weighted by Gasteiger charge is -2.11. The molecule has 1 aromatic carbocycles. The summed E-state index contributed by atoms with van der Waals surface area (Å²) in [5.74, 6) is 0.512. The van der Waals surface area contributed by atoms with E-state index < -0.39 is 12.2 Å². The molecule has 1 rings (SSSR count). The predicted molar refractivity (Wildman–Crippen MR) is 58.7 cm³/mol. The number of nitrogens with zero attached hydrogens (tertiary/aromatic N) is 1. The number of carboxylic acid groups (broad SMARTS) is 1. The molecule has 1 aromatic rings. The highest BCUT2D eigenvalue weighted by atomic mass is 16.5. The summed E-state index contributed by atoms with van der Waals surface area (Å²) in [6.45, 7) is -0.113. The van der Waals surface area contributed by atoms with Gasteiger partial charge in [-0.25, -0.2) is 4.79 Å². The van der Waals surface area contributed by atoms with Gasteiger partial charge in [0.05, 0.1) is 18.2 Å². The van der Waals surface area contributed by atoms with E-state index in [9.17, 15) is 9.90 Å². The van der Waals surface area contributed by atoms with Gasteiger partial charge in [0.1, 0.15) is 18.5 Å². The molecule has 6 nitrogen and oxygen atoms in total. The maximum Gasteiger partial charge on any atom is 0.404 e. The van der Waals surface area contributed by atoms with Crippen LogP contribution in [0.3, 0.4) is 0 Å². The molecule has 0 bridgehead atoms. The molecule has 0 saturated heterocycles. The van der Waals surface area contributed by atoms with E-state index in [-0.39, 0.29) is 13.2 Å². The van der Waals surface area contributed by atoms with Crippen LogP contribution < -0.4 is 10.1 Å². The molecule has 1 amide bonds. The van der Waals surface area contributed by atoms with Crippen LogP contribution in [0.2, 0.25) is 0 Å². The van der Waals surface area contributed by atoms with E-state index in [2.05, 4.69) is 0 Å². The maximum atomic E-state index is 10.2. The fourth-order valence-corrected chi connectivity index (χ4v) is 1.08. The quantitative estimate of drug-likeness (QED) is 0.693. The van der Waals surface area contributed by atoms with Gasteiger partial charge in [-0.3, -0.25) is 0 Å². The molecule has 0 heterocycles. The third kappa shape index (κ3) is 4.86. The second-order valence-corrected chi connectivity index (χ2v) is 3.29. The van der Waals surface area contributed by atoms with Gasteiger partial charge >= 0.3 is 6.09 Å². The maximum absolute atomic E-state index is 10.2. The van der Waals surface area contributed by atoms with Crippen LogP contribution in [0.15, 0.2) is 24.3 Å². The van der Waals surface area contributed by atoms with Crippen molar-refractivity contribution in [3.63, 3.8) is 0 Å². The van der Waals surface area contributed by atoms with E-state index in [1.807, 2.05) is 11.4 Å². The zero-order chi connectivity index (χ0) is 12.7. The molecule has 90 valence electrons. The van der Waals surface area contributed by atoms with Gasteiger partial charge in [0, 0.05) is 0 Å². The molecule has 6 heteroatoms. The number of ether oxygens (including phenoxy) is 1.